The maximum Gasteiger partial charge on any atom is 0.257 e. The van der Waals surface area contributed by atoms with E-state index in [1.807, 2.05) is 24.3 Å². The van der Waals surface area contributed by atoms with Crippen molar-refractivity contribution in [2.75, 3.05) is 37.6 Å². The van der Waals surface area contributed by atoms with Crippen LogP contribution in [0.1, 0.15) is 28.8 Å². The van der Waals surface area contributed by atoms with Gasteiger partial charge in [0.25, 0.3) is 5.91 Å². The van der Waals surface area contributed by atoms with Gasteiger partial charge in [-0.05, 0) is 36.3 Å². The number of furan rings is 1. The van der Waals surface area contributed by atoms with Crippen molar-refractivity contribution in [3.8, 4) is 0 Å². The van der Waals surface area contributed by atoms with Gasteiger partial charge in [0, 0.05) is 50.9 Å². The molecule has 2 aliphatic rings. The van der Waals surface area contributed by atoms with Gasteiger partial charge in [0.2, 0.25) is 11.8 Å². The molecular weight excluding hydrogens is 370 g/mol. The monoisotopic (exact) mass is 393 g/mol. The van der Waals surface area contributed by atoms with Gasteiger partial charge in [0.15, 0.2) is 0 Å². The molecule has 0 unspecified atom stereocenters. The maximum absolute atomic E-state index is 12.5. The fraction of sp³-hybridized carbons (Fsp3) is 0.318. The topological polar surface area (TPSA) is 74.1 Å². The minimum atomic E-state index is -0.0713. The lowest BCUT2D eigenvalue weighted by molar-refractivity contribution is -0.127. The van der Waals surface area contributed by atoms with E-state index < -0.39 is 0 Å². The van der Waals surface area contributed by atoms with Crippen LogP contribution in [0.25, 0.3) is 6.08 Å². The molecule has 1 aromatic heterocycles. The highest BCUT2D eigenvalue weighted by molar-refractivity contribution is 5.96. The van der Waals surface area contributed by atoms with Crippen molar-refractivity contribution in [2.24, 2.45) is 0 Å². The lowest BCUT2D eigenvalue weighted by atomic mass is 10.1. The number of amides is 3. The third kappa shape index (κ3) is 4.23. The Balaban J connectivity index is 1.30. The van der Waals surface area contributed by atoms with Crippen molar-refractivity contribution in [1.29, 1.82) is 0 Å². The second kappa shape index (κ2) is 8.34. The number of nitrogens with zero attached hydrogens (tertiary/aromatic N) is 3. The van der Waals surface area contributed by atoms with Crippen LogP contribution in [0.2, 0.25) is 0 Å². The molecule has 150 valence electrons. The summed E-state index contributed by atoms with van der Waals surface area (Å²) in [5.74, 6) is 0.0195. The van der Waals surface area contributed by atoms with Gasteiger partial charge in [-0.3, -0.25) is 14.4 Å². The quantitative estimate of drug-likeness (QED) is 0.748. The minimum absolute atomic E-state index is 0.0702. The Morgan fingerprint density at radius 3 is 2.28 bits per heavy atom. The zero-order chi connectivity index (χ0) is 20.2. The molecule has 0 bridgehead atoms. The Morgan fingerprint density at radius 1 is 0.931 bits per heavy atom. The average Bonchev–Trinajstić information content (AvgIpc) is 3.44. The fourth-order valence-corrected chi connectivity index (χ4v) is 3.66. The molecule has 2 aromatic rings. The van der Waals surface area contributed by atoms with E-state index >= 15 is 0 Å². The Kier molecular flexibility index (Phi) is 5.46. The predicted molar refractivity (Wildman–Crippen MR) is 108 cm³/mol. The van der Waals surface area contributed by atoms with Crippen molar-refractivity contribution in [2.45, 2.75) is 12.8 Å². The number of piperazine rings is 1. The lowest BCUT2D eigenvalue weighted by Gasteiger charge is -2.34. The van der Waals surface area contributed by atoms with Crippen LogP contribution in [0.5, 0.6) is 0 Å². The van der Waals surface area contributed by atoms with E-state index in [2.05, 4.69) is 0 Å². The van der Waals surface area contributed by atoms with Gasteiger partial charge in [0.05, 0.1) is 11.8 Å². The summed E-state index contributed by atoms with van der Waals surface area (Å²) >= 11 is 0. The normalized spacial score (nSPS) is 17.4. The molecule has 1 aromatic carbocycles. The Hall–Kier alpha value is -3.35. The summed E-state index contributed by atoms with van der Waals surface area (Å²) in [5, 5.41) is 0. The smallest absolute Gasteiger partial charge is 0.257 e. The summed E-state index contributed by atoms with van der Waals surface area (Å²) in [6.07, 6.45) is 7.76. The summed E-state index contributed by atoms with van der Waals surface area (Å²) in [6.45, 7) is 2.78. The van der Waals surface area contributed by atoms with E-state index in [0.29, 0.717) is 38.2 Å². The van der Waals surface area contributed by atoms with Gasteiger partial charge in [-0.25, -0.2) is 0 Å². The second-order valence-electron chi connectivity index (χ2n) is 7.20. The molecule has 0 radical (unpaired) electrons. The van der Waals surface area contributed by atoms with E-state index in [-0.39, 0.29) is 17.7 Å². The van der Waals surface area contributed by atoms with Gasteiger partial charge in [0.1, 0.15) is 6.26 Å². The van der Waals surface area contributed by atoms with E-state index in [1.54, 1.807) is 32.9 Å². The molecule has 2 fully saturated rings. The molecule has 4 rings (SSSR count). The average molecular weight is 393 g/mol. The Bertz CT molecular complexity index is 910. The summed E-state index contributed by atoms with van der Waals surface area (Å²) in [4.78, 5) is 41.9. The van der Waals surface area contributed by atoms with Crippen molar-refractivity contribution < 1.29 is 18.8 Å². The largest absolute Gasteiger partial charge is 0.472 e. The van der Waals surface area contributed by atoms with Crippen LogP contribution in [-0.2, 0) is 9.59 Å². The van der Waals surface area contributed by atoms with Crippen molar-refractivity contribution in [1.82, 2.24) is 9.80 Å². The fourth-order valence-electron chi connectivity index (χ4n) is 3.66. The number of carbonyl (C=O) groups is 3. The highest BCUT2D eigenvalue weighted by Gasteiger charge is 2.24. The third-order valence-electron chi connectivity index (χ3n) is 5.34. The Morgan fingerprint density at radius 2 is 1.66 bits per heavy atom. The summed E-state index contributed by atoms with van der Waals surface area (Å²) in [7, 11) is 0. The molecule has 29 heavy (non-hydrogen) atoms. The number of benzene rings is 1. The van der Waals surface area contributed by atoms with Crippen LogP contribution in [0.3, 0.4) is 0 Å². The molecule has 0 N–H and O–H groups in total. The third-order valence-corrected chi connectivity index (χ3v) is 5.34. The molecule has 0 spiro atoms. The molecule has 7 nitrogen and oxygen atoms in total. The minimum Gasteiger partial charge on any atom is -0.472 e. The highest BCUT2D eigenvalue weighted by Crippen LogP contribution is 2.22. The first-order chi connectivity index (χ1) is 14.1. The molecular formula is C22H23N3O4. The molecule has 3 amide bonds. The number of hydrogen-bond donors (Lipinski definition) is 0. The van der Waals surface area contributed by atoms with E-state index in [1.165, 1.54) is 12.5 Å². The van der Waals surface area contributed by atoms with E-state index in [4.69, 9.17) is 4.42 Å². The van der Waals surface area contributed by atoms with Crippen LogP contribution in [-0.4, -0.2) is 60.2 Å². The summed E-state index contributed by atoms with van der Waals surface area (Å²) < 4.78 is 4.96. The van der Waals surface area contributed by atoms with Crippen LogP contribution < -0.4 is 4.90 Å². The SMILES string of the molecule is O=C(/C=C/c1ccc(N2CCCC2=O)cc1)N1CCN(C(=O)c2ccoc2)CC1. The van der Waals surface area contributed by atoms with Crippen molar-refractivity contribution in [3.05, 3.63) is 60.1 Å². The van der Waals surface area contributed by atoms with Gasteiger partial charge in [-0.15, -0.1) is 0 Å². The maximum atomic E-state index is 12.5. The van der Waals surface area contributed by atoms with Crippen LogP contribution in [0, 0.1) is 0 Å². The first-order valence-corrected chi connectivity index (χ1v) is 9.81. The van der Waals surface area contributed by atoms with Crippen LogP contribution in [0.4, 0.5) is 5.69 Å². The highest BCUT2D eigenvalue weighted by atomic mass is 16.3. The second-order valence-corrected chi connectivity index (χ2v) is 7.20. The van der Waals surface area contributed by atoms with Crippen LogP contribution >= 0.6 is 0 Å². The first-order valence-electron chi connectivity index (χ1n) is 9.81. The van der Waals surface area contributed by atoms with Gasteiger partial charge >= 0.3 is 0 Å². The molecule has 3 heterocycles. The number of anilines is 1. The Labute approximate surface area is 169 Å². The zero-order valence-electron chi connectivity index (χ0n) is 16.1. The lowest BCUT2D eigenvalue weighted by Crippen LogP contribution is -2.50. The standard InChI is InChI=1S/C22H23N3O4/c26-20(23-11-13-24(14-12-23)22(28)18-9-15-29-16-18)8-5-17-3-6-19(7-4-17)25-10-1-2-21(25)27/h3-9,15-16H,1-2,10-14H2/b8-5+. The molecule has 0 saturated carbocycles. The molecule has 2 saturated heterocycles. The first kappa shape index (κ1) is 19.0. The summed E-state index contributed by atoms with van der Waals surface area (Å²) in [5.41, 5.74) is 2.33. The molecule has 2 aliphatic heterocycles. The van der Waals surface area contributed by atoms with Gasteiger partial charge < -0.3 is 19.1 Å². The van der Waals surface area contributed by atoms with Crippen molar-refractivity contribution in [3.63, 3.8) is 0 Å². The molecule has 0 atom stereocenters. The van der Waals surface area contributed by atoms with Gasteiger partial charge in [-0.2, -0.15) is 0 Å². The van der Waals surface area contributed by atoms with E-state index in [9.17, 15) is 14.4 Å². The molecule has 7 heteroatoms. The summed E-state index contributed by atoms with van der Waals surface area (Å²) in [6, 6.07) is 9.28. The number of hydrogen-bond acceptors (Lipinski definition) is 4. The number of carbonyl (C=O) groups excluding carboxylic acids is 3. The number of rotatable bonds is 4. The van der Waals surface area contributed by atoms with Gasteiger partial charge in [-0.1, -0.05) is 12.1 Å². The van der Waals surface area contributed by atoms with E-state index in [0.717, 1.165) is 24.2 Å². The van der Waals surface area contributed by atoms with Crippen molar-refractivity contribution >= 4 is 29.5 Å². The molecule has 0 aliphatic carbocycles. The zero-order valence-corrected chi connectivity index (χ0v) is 16.1. The predicted octanol–water partition coefficient (Wildman–Crippen LogP) is 2.40. The van der Waals surface area contributed by atoms with Crippen LogP contribution in [0.15, 0.2) is 53.4 Å².